The van der Waals surface area contributed by atoms with Crippen LogP contribution < -0.4 is 21.1 Å². The van der Waals surface area contributed by atoms with Gasteiger partial charge in [0.2, 0.25) is 0 Å². The fourth-order valence-corrected chi connectivity index (χ4v) is 4.62. The number of unbranched alkanes of at least 4 members (excludes halogenated alkanes) is 1. The molecule has 0 aromatic heterocycles. The van der Waals surface area contributed by atoms with Crippen LogP contribution >= 0.6 is 0 Å². The number of carbonyl (C=O) groups is 2. The van der Waals surface area contributed by atoms with Gasteiger partial charge in [0.1, 0.15) is 5.75 Å². The summed E-state index contributed by atoms with van der Waals surface area (Å²) in [5.41, 5.74) is 2.95. The summed E-state index contributed by atoms with van der Waals surface area (Å²) in [5, 5.41) is 15.7. The zero-order valence-corrected chi connectivity index (χ0v) is 25.2. The van der Waals surface area contributed by atoms with Crippen LogP contribution in [0.25, 0.3) is 0 Å². The van der Waals surface area contributed by atoms with Crippen LogP contribution in [-0.2, 0) is 19.9 Å². The number of ether oxygens (including phenoxy) is 3. The number of aliphatic hydroxyl groups is 1. The zero-order valence-electron chi connectivity index (χ0n) is 25.2. The van der Waals surface area contributed by atoms with Gasteiger partial charge in [0.05, 0.1) is 18.3 Å². The van der Waals surface area contributed by atoms with E-state index in [1.54, 1.807) is 31.4 Å². The van der Waals surface area contributed by atoms with Crippen LogP contribution in [0.15, 0.2) is 54.6 Å². The Morgan fingerprint density at radius 1 is 0.930 bits per heavy atom. The van der Waals surface area contributed by atoms with Crippen molar-refractivity contribution in [3.63, 3.8) is 0 Å². The SMILES string of the molecule is COCCCCOc1ccccc1C(=O)NCC(CC(N)C(O)CNC(=O)C(OC)(c1ccccc1)C(F)(F)F)C(C)C. The molecule has 2 aromatic rings. The number of alkyl halides is 3. The minimum atomic E-state index is -5.07. The number of nitrogens with two attached hydrogens (primary N) is 1. The molecule has 4 atom stereocenters. The fraction of sp³-hybridized carbons (Fsp3) is 0.548. The number of hydrogen-bond donors (Lipinski definition) is 4. The average Bonchev–Trinajstić information content (AvgIpc) is 2.98. The molecule has 2 rings (SSSR count). The summed E-state index contributed by atoms with van der Waals surface area (Å²) in [4.78, 5) is 25.9. The molecule has 0 aliphatic rings. The Morgan fingerprint density at radius 3 is 2.16 bits per heavy atom. The molecule has 0 bridgehead atoms. The quantitative estimate of drug-likeness (QED) is 0.189. The maximum atomic E-state index is 14.1. The topological polar surface area (TPSA) is 132 Å². The van der Waals surface area contributed by atoms with E-state index in [-0.39, 0.29) is 30.7 Å². The van der Waals surface area contributed by atoms with Crippen molar-refractivity contribution in [3.05, 3.63) is 65.7 Å². The first-order valence-electron chi connectivity index (χ1n) is 14.3. The standard InChI is InChI=1S/C31H44F3N3O6/c1-21(2)22(19-36-28(39)24-14-8-9-15-27(24)43-17-11-10-16-41-3)18-25(35)26(38)20-37-29(40)30(42-4,31(32,33)34)23-12-6-5-7-13-23/h5-9,12-15,21-22,25-26,38H,10-11,16-20,35H2,1-4H3,(H,36,39)(H,37,40). The Labute approximate surface area is 251 Å². The van der Waals surface area contributed by atoms with Crippen molar-refractivity contribution in [3.8, 4) is 5.75 Å². The number of methoxy groups -OCH3 is 2. The summed E-state index contributed by atoms with van der Waals surface area (Å²) >= 11 is 0. The Morgan fingerprint density at radius 2 is 1.56 bits per heavy atom. The molecule has 2 aromatic carbocycles. The number of aliphatic hydroxyl groups excluding tert-OH is 1. The molecule has 2 amide bonds. The van der Waals surface area contributed by atoms with E-state index in [0.717, 1.165) is 32.1 Å². The average molecular weight is 612 g/mol. The third kappa shape index (κ3) is 9.92. The highest BCUT2D eigenvalue weighted by atomic mass is 19.4. The first-order valence-corrected chi connectivity index (χ1v) is 14.3. The number of para-hydroxylation sites is 1. The molecule has 0 aliphatic carbocycles. The number of benzene rings is 2. The molecule has 0 spiro atoms. The number of rotatable bonds is 18. The van der Waals surface area contributed by atoms with Crippen molar-refractivity contribution in [2.45, 2.75) is 57.0 Å². The lowest BCUT2D eigenvalue weighted by atomic mass is 9.87. The molecule has 43 heavy (non-hydrogen) atoms. The lowest BCUT2D eigenvalue weighted by Gasteiger charge is -2.34. The largest absolute Gasteiger partial charge is 0.493 e. The third-order valence-corrected chi connectivity index (χ3v) is 7.35. The van der Waals surface area contributed by atoms with Gasteiger partial charge >= 0.3 is 6.18 Å². The second-order valence-corrected chi connectivity index (χ2v) is 10.7. The van der Waals surface area contributed by atoms with Crippen LogP contribution in [0, 0.1) is 11.8 Å². The highest BCUT2D eigenvalue weighted by molar-refractivity contribution is 5.96. The molecular formula is C31H44F3N3O6. The molecule has 0 heterocycles. The van der Waals surface area contributed by atoms with E-state index < -0.39 is 41.9 Å². The van der Waals surface area contributed by atoms with Gasteiger partial charge in [-0.15, -0.1) is 0 Å². The number of carbonyl (C=O) groups excluding carboxylic acids is 2. The van der Waals surface area contributed by atoms with Gasteiger partial charge in [-0.2, -0.15) is 13.2 Å². The van der Waals surface area contributed by atoms with Crippen LogP contribution in [0.1, 0.15) is 49.0 Å². The first-order chi connectivity index (χ1) is 20.4. The first kappa shape index (κ1) is 36.0. The van der Waals surface area contributed by atoms with Crippen LogP contribution in [0.3, 0.4) is 0 Å². The van der Waals surface area contributed by atoms with Crippen LogP contribution in [0.5, 0.6) is 5.75 Å². The summed E-state index contributed by atoms with van der Waals surface area (Å²) < 4.78 is 58.0. The molecule has 240 valence electrons. The monoisotopic (exact) mass is 611 g/mol. The van der Waals surface area contributed by atoms with Crippen molar-refractivity contribution in [1.82, 2.24) is 10.6 Å². The van der Waals surface area contributed by atoms with Gasteiger partial charge in [-0.1, -0.05) is 56.3 Å². The Hall–Kier alpha value is -3.19. The molecule has 12 heteroatoms. The van der Waals surface area contributed by atoms with Crippen LogP contribution in [0.2, 0.25) is 0 Å². The molecule has 0 saturated heterocycles. The highest BCUT2D eigenvalue weighted by Gasteiger charge is 2.62. The van der Waals surface area contributed by atoms with Crippen molar-refractivity contribution < 1.29 is 42.1 Å². The van der Waals surface area contributed by atoms with E-state index >= 15 is 0 Å². The van der Waals surface area contributed by atoms with E-state index in [4.69, 9.17) is 19.9 Å². The molecule has 0 saturated carbocycles. The Kier molecular flexibility index (Phi) is 14.4. The minimum Gasteiger partial charge on any atom is -0.493 e. The van der Waals surface area contributed by atoms with Crippen molar-refractivity contribution >= 4 is 11.8 Å². The summed E-state index contributed by atoms with van der Waals surface area (Å²) in [6, 6.07) is 12.6. The fourth-order valence-electron chi connectivity index (χ4n) is 4.62. The van der Waals surface area contributed by atoms with E-state index in [0.29, 0.717) is 24.5 Å². The Balaban J connectivity index is 1.99. The van der Waals surface area contributed by atoms with Crippen molar-refractivity contribution in [2.75, 3.05) is 40.5 Å². The van der Waals surface area contributed by atoms with Gasteiger partial charge in [-0.25, -0.2) is 0 Å². The van der Waals surface area contributed by atoms with E-state index in [9.17, 15) is 27.9 Å². The van der Waals surface area contributed by atoms with Crippen LogP contribution in [0.4, 0.5) is 13.2 Å². The normalized spacial score (nSPS) is 15.3. The number of hydrogen-bond acceptors (Lipinski definition) is 7. The van der Waals surface area contributed by atoms with Crippen molar-refractivity contribution in [1.29, 1.82) is 0 Å². The molecule has 0 fully saturated rings. The summed E-state index contributed by atoms with van der Waals surface area (Å²) in [6.07, 6.45) is -4.59. The van der Waals surface area contributed by atoms with Crippen LogP contribution in [-0.4, -0.2) is 75.8 Å². The smallest absolute Gasteiger partial charge is 0.430 e. The predicted octanol–water partition coefficient (Wildman–Crippen LogP) is 3.79. The lowest BCUT2D eigenvalue weighted by molar-refractivity contribution is -0.265. The maximum absolute atomic E-state index is 14.1. The molecule has 4 unspecified atom stereocenters. The van der Waals surface area contributed by atoms with E-state index in [1.807, 2.05) is 13.8 Å². The Bertz CT molecular complexity index is 1140. The third-order valence-electron chi connectivity index (χ3n) is 7.35. The summed E-state index contributed by atoms with van der Waals surface area (Å²) in [6.45, 7) is 4.64. The minimum absolute atomic E-state index is 0.0462. The second-order valence-electron chi connectivity index (χ2n) is 10.7. The van der Waals surface area contributed by atoms with Gasteiger partial charge in [-0.3, -0.25) is 9.59 Å². The van der Waals surface area contributed by atoms with Gasteiger partial charge in [0.15, 0.2) is 0 Å². The predicted molar refractivity (Wildman–Crippen MR) is 157 cm³/mol. The maximum Gasteiger partial charge on any atom is 0.430 e. The van der Waals surface area contributed by atoms with Gasteiger partial charge < -0.3 is 35.7 Å². The molecule has 5 N–H and O–H groups in total. The molecule has 9 nitrogen and oxygen atoms in total. The highest BCUT2D eigenvalue weighted by Crippen LogP contribution is 2.42. The molecule has 0 aliphatic heterocycles. The number of amides is 2. The number of nitrogens with one attached hydrogen (secondary N) is 2. The van der Waals surface area contributed by atoms with Gasteiger partial charge in [-0.05, 0) is 43.2 Å². The van der Waals surface area contributed by atoms with E-state index in [1.165, 1.54) is 18.2 Å². The van der Waals surface area contributed by atoms with Gasteiger partial charge in [0, 0.05) is 45.5 Å². The second kappa shape index (κ2) is 17.2. The molecule has 0 radical (unpaired) electrons. The van der Waals surface area contributed by atoms with Crippen molar-refractivity contribution in [2.24, 2.45) is 17.6 Å². The number of halogens is 3. The molecular weight excluding hydrogens is 567 g/mol. The van der Waals surface area contributed by atoms with Gasteiger partial charge in [0.25, 0.3) is 17.4 Å². The zero-order chi connectivity index (χ0) is 32.0. The van der Waals surface area contributed by atoms with E-state index in [2.05, 4.69) is 10.6 Å². The lowest BCUT2D eigenvalue weighted by Crippen LogP contribution is -2.57. The summed E-state index contributed by atoms with van der Waals surface area (Å²) in [7, 11) is 2.43. The summed E-state index contributed by atoms with van der Waals surface area (Å²) in [5.74, 6) is -1.47.